The number of rotatable bonds is 5. The second-order valence-electron chi connectivity index (χ2n) is 6.29. The minimum absolute atomic E-state index is 0.0377. The molecule has 0 saturated heterocycles. The van der Waals surface area contributed by atoms with E-state index >= 15 is 0 Å². The monoisotopic (exact) mass is 376 g/mol. The largest absolute Gasteiger partial charge is 0.495 e. The molecule has 0 fully saturated rings. The van der Waals surface area contributed by atoms with Crippen LogP contribution in [0.15, 0.2) is 41.3 Å². The fraction of sp³-hybridized carbons (Fsp3) is 0.316. The number of hydrogen-bond donors (Lipinski definition) is 0. The second-order valence-corrected chi connectivity index (χ2v) is 8.41. The highest BCUT2D eigenvalue weighted by Crippen LogP contribution is 2.28. The molecule has 0 aliphatic heterocycles. The van der Waals surface area contributed by atoms with Crippen LogP contribution in [0.3, 0.4) is 0 Å². The highest BCUT2D eigenvalue weighted by Gasteiger charge is 2.25. The van der Waals surface area contributed by atoms with Gasteiger partial charge in [-0.1, -0.05) is 6.07 Å². The molecule has 0 aromatic heterocycles. The van der Waals surface area contributed by atoms with E-state index < -0.39 is 10.0 Å². The lowest BCUT2D eigenvalue weighted by Crippen LogP contribution is -2.27. The molecule has 0 heterocycles. The Morgan fingerprint density at radius 2 is 1.62 bits per heavy atom. The summed E-state index contributed by atoms with van der Waals surface area (Å²) in [4.78, 5) is 14.3. The van der Waals surface area contributed by atoms with Gasteiger partial charge in [0, 0.05) is 32.4 Å². The van der Waals surface area contributed by atoms with Crippen molar-refractivity contribution in [3.8, 4) is 5.75 Å². The molecule has 0 atom stereocenters. The maximum Gasteiger partial charge on any atom is 0.258 e. The standard InChI is InChI=1S/C19H24N2O4S/c1-13-7-9-16(11-14(13)2)21(5)19(22)15-8-10-17(25-6)18(12-15)26(23,24)20(3)4/h7-12H,1-6H3. The van der Waals surface area contributed by atoms with Gasteiger partial charge in [-0.3, -0.25) is 4.79 Å². The number of aryl methyl sites for hydroxylation is 2. The van der Waals surface area contributed by atoms with Crippen molar-refractivity contribution in [2.75, 3.05) is 33.2 Å². The Hall–Kier alpha value is -2.38. The lowest BCUT2D eigenvalue weighted by molar-refractivity contribution is 0.0992. The summed E-state index contributed by atoms with van der Waals surface area (Å²) in [6.45, 7) is 3.98. The zero-order valence-corrected chi connectivity index (χ0v) is 16.7. The van der Waals surface area contributed by atoms with E-state index in [-0.39, 0.29) is 22.1 Å². The van der Waals surface area contributed by atoms with E-state index in [1.165, 1.54) is 38.2 Å². The van der Waals surface area contributed by atoms with Crippen LogP contribution in [-0.4, -0.2) is 46.9 Å². The minimum atomic E-state index is -3.74. The van der Waals surface area contributed by atoms with E-state index in [9.17, 15) is 13.2 Å². The number of hydrogen-bond acceptors (Lipinski definition) is 4. The summed E-state index contributed by atoms with van der Waals surface area (Å²) in [6.07, 6.45) is 0. The van der Waals surface area contributed by atoms with Gasteiger partial charge in [-0.15, -0.1) is 0 Å². The van der Waals surface area contributed by atoms with Crippen molar-refractivity contribution >= 4 is 21.6 Å². The van der Waals surface area contributed by atoms with Crippen LogP contribution in [0.4, 0.5) is 5.69 Å². The fourth-order valence-electron chi connectivity index (χ4n) is 2.45. The number of nitrogens with zero attached hydrogens (tertiary/aromatic N) is 2. The van der Waals surface area contributed by atoms with Gasteiger partial charge in [-0.05, 0) is 55.3 Å². The molecule has 0 aliphatic rings. The van der Waals surface area contributed by atoms with E-state index in [1.807, 2.05) is 32.0 Å². The molecule has 2 rings (SSSR count). The van der Waals surface area contributed by atoms with Gasteiger partial charge in [-0.2, -0.15) is 0 Å². The molecule has 0 unspecified atom stereocenters. The molecule has 0 radical (unpaired) electrons. The topological polar surface area (TPSA) is 66.9 Å². The normalized spacial score (nSPS) is 11.5. The highest BCUT2D eigenvalue weighted by molar-refractivity contribution is 7.89. The lowest BCUT2D eigenvalue weighted by atomic mass is 10.1. The zero-order valence-electron chi connectivity index (χ0n) is 15.9. The molecule has 0 bridgehead atoms. The van der Waals surface area contributed by atoms with Crippen LogP contribution in [0.5, 0.6) is 5.75 Å². The number of sulfonamides is 1. The summed E-state index contributed by atoms with van der Waals surface area (Å²) in [5.74, 6) is -0.102. The Bertz CT molecular complexity index is 937. The third-order valence-electron chi connectivity index (χ3n) is 4.35. The van der Waals surface area contributed by atoms with Gasteiger partial charge in [0.2, 0.25) is 10.0 Å². The van der Waals surface area contributed by atoms with E-state index in [0.29, 0.717) is 0 Å². The van der Waals surface area contributed by atoms with Crippen molar-refractivity contribution in [1.29, 1.82) is 0 Å². The Kier molecular flexibility index (Phi) is 5.73. The molecule has 2 aromatic carbocycles. The number of carbonyl (C=O) groups is 1. The first-order chi connectivity index (χ1) is 12.1. The number of anilines is 1. The first-order valence-corrected chi connectivity index (χ1v) is 9.49. The average molecular weight is 376 g/mol. The van der Waals surface area contributed by atoms with E-state index in [2.05, 4.69) is 0 Å². The van der Waals surface area contributed by atoms with E-state index in [4.69, 9.17) is 4.74 Å². The maximum absolute atomic E-state index is 12.9. The van der Waals surface area contributed by atoms with Crippen molar-refractivity contribution < 1.29 is 17.9 Å². The highest BCUT2D eigenvalue weighted by atomic mass is 32.2. The SMILES string of the molecule is COc1ccc(C(=O)N(C)c2ccc(C)c(C)c2)cc1S(=O)(=O)N(C)C. The molecular formula is C19H24N2O4S. The molecule has 0 aliphatic carbocycles. The van der Waals surface area contributed by atoms with Crippen LogP contribution in [0.1, 0.15) is 21.5 Å². The zero-order chi connectivity index (χ0) is 19.6. The lowest BCUT2D eigenvalue weighted by Gasteiger charge is -2.20. The van der Waals surface area contributed by atoms with Gasteiger partial charge >= 0.3 is 0 Å². The molecule has 6 nitrogen and oxygen atoms in total. The number of ether oxygens (including phenoxy) is 1. The van der Waals surface area contributed by atoms with Gasteiger partial charge in [-0.25, -0.2) is 12.7 Å². The van der Waals surface area contributed by atoms with Gasteiger partial charge in [0.05, 0.1) is 7.11 Å². The van der Waals surface area contributed by atoms with Gasteiger partial charge < -0.3 is 9.64 Å². The van der Waals surface area contributed by atoms with Gasteiger partial charge in [0.1, 0.15) is 10.6 Å². The Morgan fingerprint density at radius 3 is 2.15 bits per heavy atom. The van der Waals surface area contributed by atoms with Crippen molar-refractivity contribution in [3.05, 3.63) is 53.1 Å². The average Bonchev–Trinajstić information content (AvgIpc) is 2.62. The molecular weight excluding hydrogens is 352 g/mol. The predicted molar refractivity (Wildman–Crippen MR) is 103 cm³/mol. The van der Waals surface area contributed by atoms with Gasteiger partial charge in [0.25, 0.3) is 5.91 Å². The van der Waals surface area contributed by atoms with Crippen LogP contribution in [0.25, 0.3) is 0 Å². The summed E-state index contributed by atoms with van der Waals surface area (Å²) >= 11 is 0. The third-order valence-corrected chi connectivity index (χ3v) is 6.19. The molecule has 0 spiro atoms. The predicted octanol–water partition coefficient (Wildman–Crippen LogP) is 2.84. The molecule has 140 valence electrons. The van der Waals surface area contributed by atoms with Crippen LogP contribution in [0, 0.1) is 13.8 Å². The second kappa shape index (κ2) is 7.47. The first kappa shape index (κ1) is 19.9. The first-order valence-electron chi connectivity index (χ1n) is 8.05. The Labute approximate surface area is 155 Å². The minimum Gasteiger partial charge on any atom is -0.495 e. The van der Waals surface area contributed by atoms with E-state index in [1.54, 1.807) is 13.1 Å². The number of carbonyl (C=O) groups excluding carboxylic acids is 1. The quantitative estimate of drug-likeness (QED) is 0.805. The van der Waals surface area contributed by atoms with Crippen molar-refractivity contribution in [3.63, 3.8) is 0 Å². The Morgan fingerprint density at radius 1 is 0.962 bits per heavy atom. The fourth-order valence-corrected chi connectivity index (χ4v) is 3.53. The summed E-state index contributed by atoms with van der Waals surface area (Å²) in [5.41, 5.74) is 3.23. The van der Waals surface area contributed by atoms with Crippen molar-refractivity contribution in [2.45, 2.75) is 18.7 Å². The van der Waals surface area contributed by atoms with Crippen LogP contribution < -0.4 is 9.64 Å². The van der Waals surface area contributed by atoms with E-state index in [0.717, 1.165) is 21.1 Å². The van der Waals surface area contributed by atoms with Crippen molar-refractivity contribution in [1.82, 2.24) is 4.31 Å². The molecule has 26 heavy (non-hydrogen) atoms. The molecule has 0 saturated carbocycles. The smallest absolute Gasteiger partial charge is 0.258 e. The number of benzene rings is 2. The Balaban J connectivity index is 2.48. The summed E-state index contributed by atoms with van der Waals surface area (Å²) in [6, 6.07) is 10.2. The number of amides is 1. The van der Waals surface area contributed by atoms with Crippen LogP contribution in [0.2, 0.25) is 0 Å². The van der Waals surface area contributed by atoms with Gasteiger partial charge in [0.15, 0.2) is 0 Å². The molecule has 2 aromatic rings. The summed E-state index contributed by atoms with van der Waals surface area (Å²) in [5, 5.41) is 0. The van der Waals surface area contributed by atoms with Crippen LogP contribution >= 0.6 is 0 Å². The molecule has 7 heteroatoms. The molecule has 0 N–H and O–H groups in total. The summed E-state index contributed by atoms with van der Waals surface area (Å²) in [7, 11) is 2.19. The third kappa shape index (κ3) is 3.73. The summed E-state index contributed by atoms with van der Waals surface area (Å²) < 4.78 is 31.3. The number of methoxy groups -OCH3 is 1. The molecule has 1 amide bonds. The maximum atomic E-state index is 12.9. The van der Waals surface area contributed by atoms with Crippen molar-refractivity contribution in [2.24, 2.45) is 0 Å². The van der Waals surface area contributed by atoms with Crippen LogP contribution in [-0.2, 0) is 10.0 Å².